The summed E-state index contributed by atoms with van der Waals surface area (Å²) in [5.74, 6) is 1.46. The topological polar surface area (TPSA) is 82.3 Å². The maximum absolute atomic E-state index is 12.3. The molecule has 2 amide bonds. The number of urea groups is 1. The number of carbonyl (C=O) groups is 1. The van der Waals surface area contributed by atoms with Gasteiger partial charge < -0.3 is 10.1 Å². The molecule has 7 heteroatoms. The summed E-state index contributed by atoms with van der Waals surface area (Å²) >= 11 is 0. The van der Waals surface area contributed by atoms with Crippen LogP contribution in [0.3, 0.4) is 0 Å². The van der Waals surface area contributed by atoms with E-state index in [4.69, 9.17) is 4.74 Å². The third-order valence-corrected chi connectivity index (χ3v) is 5.35. The number of benzene rings is 2. The number of rotatable bonds is 7. The quantitative estimate of drug-likeness (QED) is 0.563. The normalized spacial score (nSPS) is 13.5. The Morgan fingerprint density at radius 3 is 2.70 bits per heavy atom. The van der Waals surface area contributed by atoms with Crippen molar-refractivity contribution in [3.05, 3.63) is 77.0 Å². The first kappa shape index (κ1) is 20.0. The van der Waals surface area contributed by atoms with Crippen LogP contribution in [0, 0.1) is 0 Å². The number of amides is 2. The predicted octanol–water partition coefficient (Wildman–Crippen LogP) is 3.34. The summed E-state index contributed by atoms with van der Waals surface area (Å²) < 4.78 is 5.16. The van der Waals surface area contributed by atoms with E-state index in [1.807, 2.05) is 30.3 Å². The van der Waals surface area contributed by atoms with Crippen molar-refractivity contribution < 1.29 is 9.53 Å². The fourth-order valence-corrected chi connectivity index (χ4v) is 3.72. The van der Waals surface area contributed by atoms with Gasteiger partial charge in [0.1, 0.15) is 5.75 Å². The van der Waals surface area contributed by atoms with Gasteiger partial charge in [-0.1, -0.05) is 42.5 Å². The lowest BCUT2D eigenvalue weighted by molar-refractivity contribution is 0.242. The van der Waals surface area contributed by atoms with Crippen LogP contribution in [0.25, 0.3) is 0 Å². The zero-order valence-electron chi connectivity index (χ0n) is 17.1. The lowest BCUT2D eigenvalue weighted by Gasteiger charge is -2.26. The number of H-pyrrole nitrogens is 1. The Labute approximate surface area is 176 Å². The van der Waals surface area contributed by atoms with Crippen LogP contribution in [-0.4, -0.2) is 41.3 Å². The molecule has 0 atom stereocenters. The molecule has 1 aromatic heterocycles. The Balaban J connectivity index is 1.26. The van der Waals surface area contributed by atoms with Crippen molar-refractivity contribution in [1.82, 2.24) is 20.4 Å². The van der Waals surface area contributed by atoms with Crippen LogP contribution in [0.4, 0.5) is 10.6 Å². The molecule has 2 heterocycles. The van der Waals surface area contributed by atoms with E-state index in [1.54, 1.807) is 7.11 Å². The second kappa shape index (κ2) is 9.45. The molecule has 0 radical (unpaired) electrons. The van der Waals surface area contributed by atoms with E-state index in [1.165, 1.54) is 5.56 Å². The van der Waals surface area contributed by atoms with Crippen LogP contribution in [0.15, 0.2) is 54.6 Å². The van der Waals surface area contributed by atoms with Crippen LogP contribution in [0.2, 0.25) is 0 Å². The summed E-state index contributed by atoms with van der Waals surface area (Å²) in [6.07, 6.45) is 1.62. The molecule has 0 unspecified atom stereocenters. The van der Waals surface area contributed by atoms with E-state index in [0.29, 0.717) is 12.4 Å². The minimum absolute atomic E-state index is 0.232. The van der Waals surface area contributed by atoms with E-state index >= 15 is 0 Å². The zero-order valence-corrected chi connectivity index (χ0v) is 17.1. The average Bonchev–Trinajstić information content (AvgIpc) is 3.17. The third kappa shape index (κ3) is 4.99. The standard InChI is InChI=1S/C23H27N5O2/c1-30-19-9-7-17(8-10-19)11-13-24-23(29)25-22-20-12-14-28(16-21(20)26-27-22)15-18-5-3-2-4-6-18/h2-10H,11-16H2,1H3,(H3,24,25,26,27,29). The van der Waals surface area contributed by atoms with Gasteiger partial charge in [-0.2, -0.15) is 5.10 Å². The number of hydrogen-bond donors (Lipinski definition) is 3. The van der Waals surface area contributed by atoms with Crippen molar-refractivity contribution in [2.24, 2.45) is 0 Å². The number of aromatic nitrogens is 2. The molecule has 0 fully saturated rings. The molecule has 156 valence electrons. The van der Waals surface area contributed by atoms with Gasteiger partial charge in [0.05, 0.1) is 12.8 Å². The van der Waals surface area contributed by atoms with Gasteiger partial charge in [-0.25, -0.2) is 4.79 Å². The number of aromatic amines is 1. The fraction of sp³-hybridized carbons (Fsp3) is 0.304. The molecule has 7 nitrogen and oxygen atoms in total. The first-order chi connectivity index (χ1) is 14.7. The minimum Gasteiger partial charge on any atom is -0.497 e. The largest absolute Gasteiger partial charge is 0.497 e. The first-order valence-electron chi connectivity index (χ1n) is 10.2. The van der Waals surface area contributed by atoms with E-state index in [-0.39, 0.29) is 6.03 Å². The second-order valence-electron chi connectivity index (χ2n) is 7.45. The summed E-state index contributed by atoms with van der Waals surface area (Å²) in [7, 11) is 1.65. The molecular weight excluding hydrogens is 378 g/mol. The molecule has 0 aliphatic carbocycles. The van der Waals surface area contributed by atoms with Gasteiger partial charge in [-0.05, 0) is 36.1 Å². The van der Waals surface area contributed by atoms with Gasteiger partial charge in [-0.15, -0.1) is 0 Å². The second-order valence-corrected chi connectivity index (χ2v) is 7.45. The first-order valence-corrected chi connectivity index (χ1v) is 10.2. The molecule has 1 aliphatic heterocycles. The number of fused-ring (bicyclic) bond motifs is 1. The molecule has 0 bridgehead atoms. The van der Waals surface area contributed by atoms with Crippen LogP contribution in [-0.2, 0) is 25.9 Å². The summed E-state index contributed by atoms with van der Waals surface area (Å²) in [5, 5.41) is 13.2. The predicted molar refractivity (Wildman–Crippen MR) is 117 cm³/mol. The van der Waals surface area contributed by atoms with Crippen molar-refractivity contribution in [3.63, 3.8) is 0 Å². The lowest BCUT2D eigenvalue weighted by Crippen LogP contribution is -2.32. The molecule has 0 spiro atoms. The van der Waals surface area contributed by atoms with Crippen molar-refractivity contribution in [2.75, 3.05) is 25.5 Å². The number of ether oxygens (including phenoxy) is 1. The highest BCUT2D eigenvalue weighted by Crippen LogP contribution is 2.24. The van der Waals surface area contributed by atoms with E-state index < -0.39 is 0 Å². The van der Waals surface area contributed by atoms with Crippen molar-refractivity contribution >= 4 is 11.8 Å². The minimum atomic E-state index is -0.232. The smallest absolute Gasteiger partial charge is 0.320 e. The maximum atomic E-state index is 12.3. The van der Waals surface area contributed by atoms with Crippen LogP contribution < -0.4 is 15.4 Å². The summed E-state index contributed by atoms with van der Waals surface area (Å²) in [5.41, 5.74) is 4.62. The monoisotopic (exact) mass is 405 g/mol. The van der Waals surface area contributed by atoms with E-state index in [9.17, 15) is 4.79 Å². The highest BCUT2D eigenvalue weighted by Gasteiger charge is 2.22. The lowest BCUT2D eigenvalue weighted by atomic mass is 10.1. The Morgan fingerprint density at radius 1 is 1.13 bits per heavy atom. The number of carbonyl (C=O) groups excluding carboxylic acids is 1. The fourth-order valence-electron chi connectivity index (χ4n) is 3.72. The average molecular weight is 406 g/mol. The molecule has 3 N–H and O–H groups in total. The molecule has 30 heavy (non-hydrogen) atoms. The Bertz CT molecular complexity index is 969. The molecule has 1 aliphatic rings. The number of methoxy groups -OCH3 is 1. The highest BCUT2D eigenvalue weighted by molar-refractivity contribution is 5.89. The number of nitrogens with one attached hydrogen (secondary N) is 3. The Hall–Kier alpha value is -3.32. The van der Waals surface area contributed by atoms with Gasteiger partial charge in [0, 0.05) is 31.7 Å². The van der Waals surface area contributed by atoms with Crippen molar-refractivity contribution in [3.8, 4) is 5.75 Å². The van der Waals surface area contributed by atoms with Gasteiger partial charge in [0.15, 0.2) is 5.82 Å². The van der Waals surface area contributed by atoms with Crippen LogP contribution >= 0.6 is 0 Å². The number of anilines is 1. The molecule has 3 aromatic rings. The molecule has 2 aromatic carbocycles. The number of hydrogen-bond acceptors (Lipinski definition) is 4. The van der Waals surface area contributed by atoms with Crippen molar-refractivity contribution in [2.45, 2.75) is 25.9 Å². The summed E-state index contributed by atoms with van der Waals surface area (Å²) in [4.78, 5) is 14.7. The van der Waals surface area contributed by atoms with Crippen molar-refractivity contribution in [1.29, 1.82) is 0 Å². The molecule has 4 rings (SSSR count). The van der Waals surface area contributed by atoms with Gasteiger partial charge >= 0.3 is 6.03 Å². The van der Waals surface area contributed by atoms with Gasteiger partial charge in [-0.3, -0.25) is 15.3 Å². The van der Waals surface area contributed by atoms with E-state index in [2.05, 4.69) is 50.0 Å². The zero-order chi connectivity index (χ0) is 20.8. The van der Waals surface area contributed by atoms with Crippen LogP contribution in [0.5, 0.6) is 5.75 Å². The highest BCUT2D eigenvalue weighted by atomic mass is 16.5. The summed E-state index contributed by atoms with van der Waals surface area (Å²) in [6.45, 7) is 3.21. The van der Waals surface area contributed by atoms with Gasteiger partial charge in [0.25, 0.3) is 0 Å². The third-order valence-electron chi connectivity index (χ3n) is 5.35. The maximum Gasteiger partial charge on any atom is 0.320 e. The number of nitrogens with zero attached hydrogens (tertiary/aromatic N) is 2. The van der Waals surface area contributed by atoms with Crippen LogP contribution in [0.1, 0.15) is 22.4 Å². The molecular formula is C23H27N5O2. The molecule has 0 saturated heterocycles. The SMILES string of the molecule is COc1ccc(CCNC(=O)Nc2n[nH]c3c2CCN(Cc2ccccc2)C3)cc1. The summed E-state index contributed by atoms with van der Waals surface area (Å²) in [6, 6.07) is 18.1. The Kier molecular flexibility index (Phi) is 6.29. The van der Waals surface area contributed by atoms with E-state index in [0.717, 1.165) is 55.0 Å². The van der Waals surface area contributed by atoms with Gasteiger partial charge in [0.2, 0.25) is 0 Å². The Morgan fingerprint density at radius 2 is 1.93 bits per heavy atom. The molecule has 0 saturated carbocycles.